The molecule has 6 nitrogen and oxygen atoms in total. The van der Waals surface area contributed by atoms with Crippen molar-refractivity contribution in [2.75, 3.05) is 25.6 Å². The smallest absolute Gasteiger partial charge is 0.416 e. The molecule has 144 valence electrons. The topological polar surface area (TPSA) is 73.9 Å². The molecule has 0 bridgehead atoms. The van der Waals surface area contributed by atoms with Gasteiger partial charge in [0.25, 0.3) is 5.91 Å². The van der Waals surface area contributed by atoms with E-state index in [1.807, 2.05) is 0 Å². The summed E-state index contributed by atoms with van der Waals surface area (Å²) >= 11 is 0. The van der Waals surface area contributed by atoms with E-state index in [-0.39, 0.29) is 5.69 Å². The molecule has 0 aliphatic heterocycles. The number of ether oxygens (including phenoxy) is 3. The number of nitrogens with one attached hydrogen (secondary N) is 1. The number of rotatable bonds is 7. The van der Waals surface area contributed by atoms with Crippen LogP contribution in [-0.4, -0.2) is 32.2 Å². The van der Waals surface area contributed by atoms with Crippen LogP contribution >= 0.6 is 0 Å². The Morgan fingerprint density at radius 1 is 0.926 bits per heavy atom. The van der Waals surface area contributed by atoms with Crippen LogP contribution < -0.4 is 14.8 Å². The number of anilines is 1. The lowest BCUT2D eigenvalue weighted by molar-refractivity contribution is -0.149. The second-order valence-corrected chi connectivity index (χ2v) is 5.25. The van der Waals surface area contributed by atoms with Crippen molar-refractivity contribution in [3.8, 4) is 11.5 Å². The molecule has 0 aliphatic rings. The minimum absolute atomic E-state index is 0.151. The molecule has 0 aromatic heterocycles. The van der Waals surface area contributed by atoms with E-state index >= 15 is 0 Å². The van der Waals surface area contributed by atoms with E-state index in [2.05, 4.69) is 5.32 Å². The first-order chi connectivity index (χ1) is 12.8. The zero-order valence-electron chi connectivity index (χ0n) is 14.2. The third kappa shape index (κ3) is 6.53. The van der Waals surface area contributed by atoms with Crippen LogP contribution in [0.2, 0.25) is 0 Å². The summed E-state index contributed by atoms with van der Waals surface area (Å²) in [5, 5.41) is 2.32. The normalized spacial score (nSPS) is 10.8. The summed E-state index contributed by atoms with van der Waals surface area (Å²) in [6.07, 6.45) is -4.46. The van der Waals surface area contributed by atoms with Gasteiger partial charge in [-0.2, -0.15) is 13.2 Å². The highest BCUT2D eigenvalue weighted by atomic mass is 19.4. The molecule has 0 radical (unpaired) electrons. The quantitative estimate of drug-likeness (QED) is 0.743. The SMILES string of the molecule is COc1ccc(OCC(=O)OCC(=O)Nc2ccc(C(F)(F)F)cc2)cc1. The molecule has 0 saturated carbocycles. The van der Waals surface area contributed by atoms with Gasteiger partial charge in [0, 0.05) is 5.69 Å². The highest BCUT2D eigenvalue weighted by Gasteiger charge is 2.29. The van der Waals surface area contributed by atoms with Crippen molar-refractivity contribution in [1.29, 1.82) is 0 Å². The first-order valence-corrected chi connectivity index (χ1v) is 7.67. The van der Waals surface area contributed by atoms with Crippen LogP contribution in [0.1, 0.15) is 5.56 Å². The predicted octanol–water partition coefficient (Wildman–Crippen LogP) is 3.27. The minimum atomic E-state index is -4.46. The highest BCUT2D eigenvalue weighted by Crippen LogP contribution is 2.29. The van der Waals surface area contributed by atoms with Crippen molar-refractivity contribution in [2.24, 2.45) is 0 Å². The Labute approximate surface area is 152 Å². The summed E-state index contributed by atoms with van der Waals surface area (Å²) in [7, 11) is 1.52. The molecule has 27 heavy (non-hydrogen) atoms. The first-order valence-electron chi connectivity index (χ1n) is 7.67. The van der Waals surface area contributed by atoms with Gasteiger partial charge < -0.3 is 19.5 Å². The fourth-order valence-electron chi connectivity index (χ4n) is 1.94. The summed E-state index contributed by atoms with van der Waals surface area (Å²) in [5.74, 6) is -0.409. The fraction of sp³-hybridized carbons (Fsp3) is 0.222. The Kier molecular flexibility index (Phi) is 6.64. The van der Waals surface area contributed by atoms with Gasteiger partial charge in [-0.25, -0.2) is 4.79 Å². The summed E-state index contributed by atoms with van der Waals surface area (Å²) in [6, 6.07) is 10.4. The molecule has 2 aromatic carbocycles. The number of alkyl halides is 3. The van der Waals surface area contributed by atoms with Gasteiger partial charge in [-0.15, -0.1) is 0 Å². The van der Waals surface area contributed by atoms with E-state index in [0.29, 0.717) is 11.5 Å². The lowest BCUT2D eigenvalue weighted by Crippen LogP contribution is -2.23. The van der Waals surface area contributed by atoms with Crippen molar-refractivity contribution in [3.63, 3.8) is 0 Å². The van der Waals surface area contributed by atoms with E-state index < -0.39 is 36.8 Å². The average molecular weight is 383 g/mol. The van der Waals surface area contributed by atoms with Gasteiger partial charge >= 0.3 is 12.1 Å². The van der Waals surface area contributed by atoms with Crippen molar-refractivity contribution in [2.45, 2.75) is 6.18 Å². The van der Waals surface area contributed by atoms with Crippen LogP contribution in [0.25, 0.3) is 0 Å². The number of esters is 1. The van der Waals surface area contributed by atoms with Crippen molar-refractivity contribution >= 4 is 17.6 Å². The summed E-state index contributed by atoms with van der Waals surface area (Å²) in [6.45, 7) is -0.994. The molecule has 0 unspecified atom stereocenters. The lowest BCUT2D eigenvalue weighted by Gasteiger charge is -2.10. The van der Waals surface area contributed by atoms with Crippen LogP contribution in [0.5, 0.6) is 11.5 Å². The van der Waals surface area contributed by atoms with E-state index in [1.165, 1.54) is 7.11 Å². The van der Waals surface area contributed by atoms with Crippen molar-refractivity contribution in [1.82, 2.24) is 0 Å². The zero-order valence-corrected chi connectivity index (χ0v) is 14.2. The van der Waals surface area contributed by atoms with Crippen molar-refractivity contribution in [3.05, 3.63) is 54.1 Å². The first kappa shape index (κ1) is 20.1. The van der Waals surface area contributed by atoms with Gasteiger partial charge in [0.2, 0.25) is 0 Å². The highest BCUT2D eigenvalue weighted by molar-refractivity contribution is 5.92. The number of hydrogen-bond acceptors (Lipinski definition) is 5. The van der Waals surface area contributed by atoms with E-state index in [9.17, 15) is 22.8 Å². The number of halogens is 3. The molecule has 2 aromatic rings. The maximum atomic E-state index is 12.5. The maximum Gasteiger partial charge on any atom is 0.416 e. The average Bonchev–Trinajstić information content (AvgIpc) is 2.65. The molecule has 2 rings (SSSR count). The Morgan fingerprint density at radius 2 is 1.52 bits per heavy atom. The Morgan fingerprint density at radius 3 is 2.07 bits per heavy atom. The van der Waals surface area contributed by atoms with E-state index in [1.54, 1.807) is 24.3 Å². The third-order valence-electron chi connectivity index (χ3n) is 3.28. The maximum absolute atomic E-state index is 12.5. The largest absolute Gasteiger partial charge is 0.497 e. The molecule has 0 aliphatic carbocycles. The van der Waals surface area contributed by atoms with Crippen LogP contribution in [-0.2, 0) is 20.5 Å². The standard InChI is InChI=1S/C18H16F3NO5/c1-25-14-6-8-15(9-7-14)26-11-17(24)27-10-16(23)22-13-4-2-12(3-5-13)18(19,20)21/h2-9H,10-11H2,1H3,(H,22,23). The van der Waals surface area contributed by atoms with Gasteiger partial charge in [0.05, 0.1) is 12.7 Å². The van der Waals surface area contributed by atoms with Crippen molar-refractivity contribution < 1.29 is 37.0 Å². The predicted molar refractivity (Wildman–Crippen MR) is 89.5 cm³/mol. The van der Waals surface area contributed by atoms with E-state index in [0.717, 1.165) is 24.3 Å². The van der Waals surface area contributed by atoms with Gasteiger partial charge in [-0.1, -0.05) is 0 Å². The molecule has 0 saturated heterocycles. The Hall–Kier alpha value is -3.23. The molecular weight excluding hydrogens is 367 g/mol. The minimum Gasteiger partial charge on any atom is -0.497 e. The van der Waals surface area contributed by atoms with Crippen LogP contribution in [0, 0.1) is 0 Å². The number of amides is 1. The molecule has 1 amide bonds. The number of carbonyl (C=O) groups excluding carboxylic acids is 2. The summed E-state index contributed by atoms with van der Waals surface area (Å²) in [4.78, 5) is 23.3. The lowest BCUT2D eigenvalue weighted by atomic mass is 10.2. The van der Waals surface area contributed by atoms with Gasteiger partial charge in [-0.05, 0) is 48.5 Å². The molecule has 0 heterocycles. The number of methoxy groups -OCH3 is 1. The number of hydrogen-bond donors (Lipinski definition) is 1. The molecule has 1 N–H and O–H groups in total. The molecule has 0 atom stereocenters. The second-order valence-electron chi connectivity index (χ2n) is 5.25. The number of benzene rings is 2. The molecular formula is C18H16F3NO5. The zero-order chi connectivity index (χ0) is 19.9. The summed E-state index contributed by atoms with van der Waals surface area (Å²) < 4.78 is 52.3. The molecule has 9 heteroatoms. The fourth-order valence-corrected chi connectivity index (χ4v) is 1.94. The van der Waals surface area contributed by atoms with Crippen LogP contribution in [0.4, 0.5) is 18.9 Å². The van der Waals surface area contributed by atoms with Gasteiger partial charge in [-0.3, -0.25) is 4.79 Å². The monoisotopic (exact) mass is 383 g/mol. The number of carbonyl (C=O) groups is 2. The summed E-state index contributed by atoms with van der Waals surface area (Å²) in [5.41, 5.74) is -0.680. The Balaban J connectivity index is 1.73. The van der Waals surface area contributed by atoms with Gasteiger partial charge in [0.1, 0.15) is 11.5 Å². The molecule has 0 fully saturated rings. The Bertz CT molecular complexity index is 773. The van der Waals surface area contributed by atoms with E-state index in [4.69, 9.17) is 14.2 Å². The van der Waals surface area contributed by atoms with Gasteiger partial charge in [0.15, 0.2) is 13.2 Å². The van der Waals surface area contributed by atoms with Crippen LogP contribution in [0.15, 0.2) is 48.5 Å². The van der Waals surface area contributed by atoms with Crippen LogP contribution in [0.3, 0.4) is 0 Å². The molecule has 0 spiro atoms. The second kappa shape index (κ2) is 8.93. The third-order valence-corrected chi connectivity index (χ3v) is 3.28.